The summed E-state index contributed by atoms with van der Waals surface area (Å²) >= 11 is 0. The van der Waals surface area contributed by atoms with Crippen molar-refractivity contribution in [3.63, 3.8) is 0 Å². The molecule has 0 fully saturated rings. The van der Waals surface area contributed by atoms with Crippen molar-refractivity contribution in [2.24, 2.45) is 0 Å². The maximum absolute atomic E-state index is 12.9. The van der Waals surface area contributed by atoms with E-state index in [2.05, 4.69) is 4.74 Å². The zero-order valence-electron chi connectivity index (χ0n) is 10.5. The van der Waals surface area contributed by atoms with Gasteiger partial charge < -0.3 is 17.7 Å². The van der Waals surface area contributed by atoms with E-state index in [1.807, 2.05) is 0 Å². The summed E-state index contributed by atoms with van der Waals surface area (Å²) in [6.45, 7) is -5.11. The topological polar surface area (TPSA) is 26.3 Å². The van der Waals surface area contributed by atoms with Crippen LogP contribution in [0.2, 0.25) is 0 Å². The molecule has 0 saturated heterocycles. The van der Waals surface area contributed by atoms with Crippen LogP contribution in [-0.4, -0.2) is 20.1 Å². The molecule has 0 amide bonds. The van der Waals surface area contributed by atoms with Crippen molar-refractivity contribution in [2.75, 3.05) is 7.11 Å². The van der Waals surface area contributed by atoms with E-state index in [1.54, 1.807) is 6.07 Å². The molecule has 0 aliphatic carbocycles. The Kier molecular flexibility index (Phi) is 5.64. The molecule has 2 rings (SSSR count). The molecule has 0 heterocycles. The van der Waals surface area contributed by atoms with E-state index in [0.717, 1.165) is 12.1 Å². The Bertz CT molecular complexity index is 613. The van der Waals surface area contributed by atoms with Crippen molar-refractivity contribution < 1.29 is 73.9 Å². The van der Waals surface area contributed by atoms with Crippen LogP contribution in [0.3, 0.4) is 0 Å². The van der Waals surface area contributed by atoms with E-state index >= 15 is 0 Å². The maximum atomic E-state index is 12.9. The summed E-state index contributed by atoms with van der Waals surface area (Å²) in [6, 6.07) is 8.00. The molecule has 0 aliphatic heterocycles. The molecule has 0 N–H and O–H groups in total. The van der Waals surface area contributed by atoms with Gasteiger partial charge in [0.25, 0.3) is 0 Å². The van der Waals surface area contributed by atoms with Gasteiger partial charge in [0.2, 0.25) is 0 Å². The Morgan fingerprint density at radius 3 is 2.16 bits per heavy atom. The number of benzene rings is 2. The second kappa shape index (κ2) is 6.41. The summed E-state index contributed by atoms with van der Waals surface area (Å²) in [5.41, 5.74) is -0.560. The SMILES string of the molecule is COC(=O)c1ccc([B-](F)(F)F)c2ccccc12.[K+]. The number of carbonyl (C=O) groups is 1. The molecular weight excluding hydrogens is 283 g/mol. The average Bonchev–Trinajstić information content (AvgIpc) is 2.35. The standard InChI is InChI=1S/C12H9BF3O2.K/c1-18-12(17)10-6-7-11(13(14,15)16)9-5-3-2-4-8(9)10;/h2-7H,1H3;/q-1;+1. The van der Waals surface area contributed by atoms with Gasteiger partial charge in [0, 0.05) is 0 Å². The average molecular weight is 292 g/mol. The number of halogens is 3. The van der Waals surface area contributed by atoms with Crippen molar-refractivity contribution in [1.82, 2.24) is 0 Å². The van der Waals surface area contributed by atoms with Gasteiger partial charge in [-0.25, -0.2) is 4.79 Å². The third-order valence-corrected chi connectivity index (χ3v) is 2.72. The molecule has 0 unspecified atom stereocenters. The van der Waals surface area contributed by atoms with Crippen molar-refractivity contribution in [3.05, 3.63) is 42.0 Å². The van der Waals surface area contributed by atoms with E-state index in [4.69, 9.17) is 0 Å². The maximum Gasteiger partial charge on any atom is 1.00 e. The molecule has 0 radical (unpaired) electrons. The van der Waals surface area contributed by atoms with Gasteiger partial charge in [-0.1, -0.05) is 30.3 Å². The third-order valence-electron chi connectivity index (χ3n) is 2.72. The number of rotatable bonds is 2. The van der Waals surface area contributed by atoms with Crippen LogP contribution in [0.25, 0.3) is 10.8 Å². The molecular formula is C12H9BF3KO2. The normalized spacial score (nSPS) is 10.9. The molecule has 94 valence electrons. The van der Waals surface area contributed by atoms with E-state index in [1.165, 1.54) is 25.3 Å². The van der Waals surface area contributed by atoms with E-state index < -0.39 is 18.4 Å². The number of hydrogen-bond donors (Lipinski definition) is 0. The van der Waals surface area contributed by atoms with Gasteiger partial charge in [-0.05, 0) is 16.8 Å². The predicted octanol–water partition coefficient (Wildman–Crippen LogP) is -0.315. The smallest absolute Gasteiger partial charge is 0.465 e. The Morgan fingerprint density at radius 2 is 1.63 bits per heavy atom. The first-order valence-electron chi connectivity index (χ1n) is 5.25. The summed E-state index contributed by atoms with van der Waals surface area (Å²) in [5, 5.41) is 0.272. The molecule has 7 heteroatoms. The second-order valence-corrected chi connectivity index (χ2v) is 3.81. The fraction of sp³-hybridized carbons (Fsp3) is 0.0833. The first-order chi connectivity index (χ1) is 8.45. The largest absolute Gasteiger partial charge is 1.00 e. The minimum Gasteiger partial charge on any atom is -0.465 e. The Morgan fingerprint density at radius 1 is 1.05 bits per heavy atom. The van der Waals surface area contributed by atoms with Crippen LogP contribution in [0, 0.1) is 0 Å². The molecule has 0 saturated carbocycles. The summed E-state index contributed by atoms with van der Waals surface area (Å²) in [5.74, 6) is -0.646. The van der Waals surface area contributed by atoms with Crippen LogP contribution >= 0.6 is 0 Å². The zero-order chi connectivity index (χ0) is 13.3. The molecule has 0 atom stereocenters. The molecule has 2 aromatic carbocycles. The van der Waals surface area contributed by atoms with E-state index in [-0.39, 0.29) is 67.7 Å². The van der Waals surface area contributed by atoms with E-state index in [0.29, 0.717) is 0 Å². The first kappa shape index (κ1) is 16.7. The minimum absolute atomic E-state index is 0. The Hall–Kier alpha value is -0.339. The summed E-state index contributed by atoms with van der Waals surface area (Å²) in [7, 11) is 1.19. The fourth-order valence-corrected chi connectivity index (χ4v) is 1.90. The summed E-state index contributed by atoms with van der Waals surface area (Å²) < 4.78 is 43.2. The van der Waals surface area contributed by atoms with Crippen LogP contribution < -0.4 is 56.8 Å². The van der Waals surface area contributed by atoms with Gasteiger partial charge in [-0.2, -0.15) is 0 Å². The van der Waals surface area contributed by atoms with Crippen LogP contribution in [-0.2, 0) is 4.74 Å². The van der Waals surface area contributed by atoms with Gasteiger partial charge in [-0.3, -0.25) is 0 Å². The van der Waals surface area contributed by atoms with Crippen molar-refractivity contribution in [2.45, 2.75) is 0 Å². The molecule has 2 aromatic rings. The van der Waals surface area contributed by atoms with Crippen molar-refractivity contribution in [1.29, 1.82) is 0 Å². The van der Waals surface area contributed by atoms with Gasteiger partial charge >= 0.3 is 64.3 Å². The zero-order valence-corrected chi connectivity index (χ0v) is 13.6. The molecule has 19 heavy (non-hydrogen) atoms. The number of fused-ring (bicyclic) bond motifs is 1. The van der Waals surface area contributed by atoms with Crippen LogP contribution in [0.1, 0.15) is 10.4 Å². The van der Waals surface area contributed by atoms with Crippen molar-refractivity contribution >= 4 is 29.2 Å². The Balaban J connectivity index is 0.00000180. The second-order valence-electron chi connectivity index (χ2n) is 3.81. The number of hydrogen-bond acceptors (Lipinski definition) is 2. The summed E-state index contributed by atoms with van der Waals surface area (Å²) in [4.78, 5) is 11.5. The van der Waals surface area contributed by atoms with Gasteiger partial charge in [0.15, 0.2) is 0 Å². The van der Waals surface area contributed by atoms with Crippen molar-refractivity contribution in [3.8, 4) is 0 Å². The number of esters is 1. The van der Waals surface area contributed by atoms with Gasteiger partial charge in [-0.15, -0.1) is 5.46 Å². The van der Waals surface area contributed by atoms with Crippen LogP contribution in [0.4, 0.5) is 12.9 Å². The molecule has 0 aliphatic rings. The molecule has 0 spiro atoms. The van der Waals surface area contributed by atoms with Crippen LogP contribution in [0.5, 0.6) is 0 Å². The first-order valence-corrected chi connectivity index (χ1v) is 5.25. The van der Waals surface area contributed by atoms with E-state index in [9.17, 15) is 17.7 Å². The van der Waals surface area contributed by atoms with Crippen LogP contribution in [0.15, 0.2) is 36.4 Å². The molecule has 0 aromatic heterocycles. The number of ether oxygens (including phenoxy) is 1. The molecule has 2 nitrogen and oxygen atoms in total. The quantitative estimate of drug-likeness (QED) is 0.560. The summed E-state index contributed by atoms with van der Waals surface area (Å²) in [6.07, 6.45) is 0. The predicted molar refractivity (Wildman–Crippen MR) is 64.0 cm³/mol. The Labute approximate surface area is 150 Å². The van der Waals surface area contributed by atoms with Gasteiger partial charge in [0.1, 0.15) is 0 Å². The fourth-order valence-electron chi connectivity index (χ4n) is 1.90. The minimum atomic E-state index is -5.11. The molecule has 0 bridgehead atoms. The third kappa shape index (κ3) is 3.41. The number of carbonyl (C=O) groups excluding carboxylic acids is 1. The monoisotopic (exact) mass is 292 g/mol. The number of methoxy groups -OCH3 is 1. The van der Waals surface area contributed by atoms with Gasteiger partial charge in [0.05, 0.1) is 12.7 Å².